The highest BCUT2D eigenvalue weighted by Gasteiger charge is 2.17. The predicted octanol–water partition coefficient (Wildman–Crippen LogP) is 3.31. The van der Waals surface area contributed by atoms with Gasteiger partial charge >= 0.3 is 0 Å². The van der Waals surface area contributed by atoms with Gasteiger partial charge in [-0.15, -0.1) is 0 Å². The van der Waals surface area contributed by atoms with E-state index in [1.807, 2.05) is 42.5 Å². The monoisotopic (exact) mass is 349 g/mol. The highest BCUT2D eigenvalue weighted by atomic mass is 16.5. The second kappa shape index (κ2) is 7.49. The number of hydrogen-bond donors (Lipinski definition) is 1. The Morgan fingerprint density at radius 2 is 1.88 bits per heavy atom. The van der Waals surface area contributed by atoms with Crippen LogP contribution < -0.4 is 5.32 Å². The van der Waals surface area contributed by atoms with Gasteiger partial charge in [0.1, 0.15) is 0 Å². The highest BCUT2D eigenvalue weighted by Crippen LogP contribution is 2.22. The van der Waals surface area contributed by atoms with E-state index in [1.165, 1.54) is 0 Å². The van der Waals surface area contributed by atoms with Gasteiger partial charge in [-0.3, -0.25) is 4.79 Å². The molecule has 1 aliphatic rings. The summed E-state index contributed by atoms with van der Waals surface area (Å²) < 4.78 is 10.9. The summed E-state index contributed by atoms with van der Waals surface area (Å²) in [5.41, 5.74) is 2.26. The van der Waals surface area contributed by atoms with Crippen LogP contribution in [0.2, 0.25) is 0 Å². The smallest absolute Gasteiger partial charge is 0.258 e. The van der Waals surface area contributed by atoms with Crippen LogP contribution in [0.15, 0.2) is 59.1 Å². The second-order valence-electron chi connectivity index (χ2n) is 6.21. The Balaban J connectivity index is 1.42. The van der Waals surface area contributed by atoms with Crippen LogP contribution in [0.3, 0.4) is 0 Å². The van der Waals surface area contributed by atoms with Gasteiger partial charge < -0.3 is 14.6 Å². The molecule has 0 aliphatic carbocycles. The van der Waals surface area contributed by atoms with E-state index in [0.29, 0.717) is 23.8 Å². The van der Waals surface area contributed by atoms with Crippen LogP contribution in [0.5, 0.6) is 0 Å². The number of hydrogen-bond acceptors (Lipinski definition) is 5. The zero-order valence-corrected chi connectivity index (χ0v) is 14.2. The lowest BCUT2D eigenvalue weighted by molar-refractivity contribution is 0.0858. The van der Waals surface area contributed by atoms with Crippen molar-refractivity contribution in [2.24, 2.45) is 0 Å². The molecule has 0 bridgehead atoms. The van der Waals surface area contributed by atoms with Gasteiger partial charge in [-0.25, -0.2) is 0 Å². The number of carbonyl (C=O) groups excluding carboxylic acids is 1. The van der Waals surface area contributed by atoms with Crippen LogP contribution in [0.25, 0.3) is 22.8 Å². The number of nitrogens with zero attached hydrogens (tertiary/aromatic N) is 2. The molecule has 1 amide bonds. The maximum absolute atomic E-state index is 12.2. The molecule has 1 saturated heterocycles. The van der Waals surface area contributed by atoms with Crippen LogP contribution in [0.1, 0.15) is 23.2 Å². The van der Waals surface area contributed by atoms with Gasteiger partial charge in [-0.05, 0) is 37.1 Å². The molecule has 6 nitrogen and oxygen atoms in total. The predicted molar refractivity (Wildman–Crippen MR) is 96.5 cm³/mol. The van der Waals surface area contributed by atoms with Crippen molar-refractivity contribution in [1.29, 1.82) is 0 Å². The van der Waals surface area contributed by atoms with Gasteiger partial charge in [0, 0.05) is 29.8 Å². The Hall–Kier alpha value is -2.99. The number of nitrogens with one attached hydrogen (secondary N) is 1. The first-order chi connectivity index (χ1) is 12.8. The molecule has 0 spiro atoms. The molecule has 132 valence electrons. The molecule has 1 fully saturated rings. The molecule has 1 atom stereocenters. The average molecular weight is 349 g/mol. The molecule has 1 aromatic heterocycles. The summed E-state index contributed by atoms with van der Waals surface area (Å²) in [7, 11) is 0. The molecular formula is C20H19N3O3. The molecule has 2 heterocycles. The van der Waals surface area contributed by atoms with Crippen molar-refractivity contribution in [3.05, 3.63) is 60.2 Å². The maximum atomic E-state index is 12.2. The van der Waals surface area contributed by atoms with Crippen molar-refractivity contribution in [1.82, 2.24) is 15.5 Å². The molecule has 3 aromatic rings. The summed E-state index contributed by atoms with van der Waals surface area (Å²) in [5, 5.41) is 6.92. The van der Waals surface area contributed by atoms with Crippen molar-refractivity contribution in [3.8, 4) is 22.8 Å². The summed E-state index contributed by atoms with van der Waals surface area (Å²) in [6, 6.07) is 16.8. The number of amides is 1. The SMILES string of the molecule is O=C(NC[C@@H]1CCCO1)c1ccc(-c2nc(-c3ccccc3)no2)cc1. The Kier molecular flexibility index (Phi) is 4.75. The molecule has 0 unspecified atom stereocenters. The van der Waals surface area contributed by atoms with Crippen LogP contribution in [-0.2, 0) is 4.74 Å². The van der Waals surface area contributed by atoms with Crippen LogP contribution in [-0.4, -0.2) is 35.3 Å². The molecule has 26 heavy (non-hydrogen) atoms. The van der Waals surface area contributed by atoms with Crippen molar-refractivity contribution >= 4 is 5.91 Å². The first-order valence-electron chi connectivity index (χ1n) is 8.69. The lowest BCUT2D eigenvalue weighted by Gasteiger charge is -2.10. The van der Waals surface area contributed by atoms with Crippen LogP contribution in [0.4, 0.5) is 0 Å². The topological polar surface area (TPSA) is 77.2 Å². The maximum Gasteiger partial charge on any atom is 0.258 e. The van der Waals surface area contributed by atoms with Crippen molar-refractivity contribution < 1.29 is 14.1 Å². The molecule has 0 saturated carbocycles. The fourth-order valence-corrected chi connectivity index (χ4v) is 2.92. The van der Waals surface area contributed by atoms with E-state index in [0.717, 1.165) is 30.6 Å². The van der Waals surface area contributed by atoms with Gasteiger partial charge in [0.25, 0.3) is 11.8 Å². The standard InChI is InChI=1S/C20H19N3O3/c24-19(21-13-17-7-4-12-25-17)15-8-10-16(11-9-15)20-22-18(23-26-20)14-5-2-1-3-6-14/h1-3,5-6,8-11,17H,4,7,12-13H2,(H,21,24)/t17-/m0/s1. The Morgan fingerprint density at radius 3 is 2.62 bits per heavy atom. The van der Waals surface area contributed by atoms with E-state index in [9.17, 15) is 4.79 Å². The fourth-order valence-electron chi connectivity index (χ4n) is 2.92. The minimum atomic E-state index is -0.109. The first kappa shape index (κ1) is 16.5. The van der Waals surface area contributed by atoms with Gasteiger partial charge in [0.05, 0.1) is 6.10 Å². The minimum absolute atomic E-state index is 0.109. The van der Waals surface area contributed by atoms with E-state index in [-0.39, 0.29) is 12.0 Å². The molecule has 6 heteroatoms. The normalized spacial score (nSPS) is 16.5. The second-order valence-corrected chi connectivity index (χ2v) is 6.21. The van der Waals surface area contributed by atoms with Gasteiger partial charge in [-0.2, -0.15) is 4.98 Å². The quantitative estimate of drug-likeness (QED) is 0.765. The molecule has 0 radical (unpaired) electrons. The number of benzene rings is 2. The molecule has 1 aliphatic heterocycles. The van der Waals surface area contributed by atoms with Gasteiger partial charge in [0.15, 0.2) is 0 Å². The van der Waals surface area contributed by atoms with Crippen molar-refractivity contribution in [2.45, 2.75) is 18.9 Å². The first-order valence-corrected chi connectivity index (χ1v) is 8.69. The van der Waals surface area contributed by atoms with Crippen LogP contribution in [0, 0.1) is 0 Å². The summed E-state index contributed by atoms with van der Waals surface area (Å²) in [4.78, 5) is 16.6. The van der Waals surface area contributed by atoms with E-state index >= 15 is 0 Å². The lowest BCUT2D eigenvalue weighted by atomic mass is 10.1. The van der Waals surface area contributed by atoms with Crippen molar-refractivity contribution in [2.75, 3.05) is 13.2 Å². The average Bonchev–Trinajstić information content (AvgIpc) is 3.39. The number of carbonyl (C=O) groups is 1. The summed E-state index contributed by atoms with van der Waals surface area (Å²) in [5.74, 6) is 0.858. The van der Waals surface area contributed by atoms with Crippen LogP contribution >= 0.6 is 0 Å². The minimum Gasteiger partial charge on any atom is -0.376 e. The van der Waals surface area contributed by atoms with E-state index in [4.69, 9.17) is 9.26 Å². The van der Waals surface area contributed by atoms with Gasteiger partial charge in [0.2, 0.25) is 5.82 Å². The third-order valence-electron chi connectivity index (χ3n) is 4.37. The van der Waals surface area contributed by atoms with E-state index < -0.39 is 0 Å². The molecular weight excluding hydrogens is 330 g/mol. The summed E-state index contributed by atoms with van der Waals surface area (Å²) >= 11 is 0. The number of aromatic nitrogens is 2. The van der Waals surface area contributed by atoms with E-state index in [1.54, 1.807) is 12.1 Å². The van der Waals surface area contributed by atoms with E-state index in [2.05, 4.69) is 15.5 Å². The fraction of sp³-hybridized carbons (Fsp3) is 0.250. The number of ether oxygens (including phenoxy) is 1. The Bertz CT molecular complexity index is 869. The molecule has 1 N–H and O–H groups in total. The Labute approximate surface area is 151 Å². The zero-order valence-electron chi connectivity index (χ0n) is 14.2. The van der Waals surface area contributed by atoms with Gasteiger partial charge in [-0.1, -0.05) is 35.5 Å². The largest absolute Gasteiger partial charge is 0.376 e. The third-order valence-corrected chi connectivity index (χ3v) is 4.37. The third kappa shape index (κ3) is 3.65. The number of rotatable bonds is 5. The lowest BCUT2D eigenvalue weighted by Crippen LogP contribution is -2.31. The molecule has 4 rings (SSSR count). The highest BCUT2D eigenvalue weighted by molar-refractivity contribution is 5.94. The summed E-state index contributed by atoms with van der Waals surface area (Å²) in [6.45, 7) is 1.33. The Morgan fingerprint density at radius 1 is 1.08 bits per heavy atom. The summed E-state index contributed by atoms with van der Waals surface area (Å²) in [6.07, 6.45) is 2.19. The van der Waals surface area contributed by atoms with Crippen molar-refractivity contribution in [3.63, 3.8) is 0 Å². The zero-order chi connectivity index (χ0) is 17.8. The molecule has 2 aromatic carbocycles.